The molecule has 0 atom stereocenters. The molecule has 0 unspecified atom stereocenters. The predicted octanol–water partition coefficient (Wildman–Crippen LogP) is 2.79. The largest absolute Gasteiger partial charge is 0.368 e. The fraction of sp³-hybridized carbons (Fsp3) is 0.364. The number of carbonyl (C=O) groups excluding carboxylic acids is 1. The van der Waals surface area contributed by atoms with E-state index < -0.39 is 11.6 Å². The minimum atomic E-state index is -1.03. The van der Waals surface area contributed by atoms with Crippen molar-refractivity contribution in [1.29, 1.82) is 0 Å². The van der Waals surface area contributed by atoms with Crippen molar-refractivity contribution in [3.63, 3.8) is 0 Å². The minimum absolute atomic E-state index is 0.158. The van der Waals surface area contributed by atoms with Crippen molar-refractivity contribution in [2.24, 2.45) is 0 Å². The predicted molar refractivity (Wildman–Crippen MR) is 57.8 cm³/mol. The van der Waals surface area contributed by atoms with E-state index in [-0.39, 0.29) is 16.5 Å². The van der Waals surface area contributed by atoms with E-state index in [4.69, 9.17) is 11.6 Å². The summed E-state index contributed by atoms with van der Waals surface area (Å²) in [6.07, 6.45) is 0.757. The Morgan fingerprint density at radius 3 is 2.38 bits per heavy atom. The lowest BCUT2D eigenvalue weighted by atomic mass is 10.1. The third-order valence-electron chi connectivity index (χ3n) is 2.68. The first kappa shape index (κ1) is 11.3. The van der Waals surface area contributed by atoms with E-state index in [0.717, 1.165) is 0 Å². The molecule has 0 saturated carbocycles. The second kappa shape index (κ2) is 4.37. The molecule has 1 saturated heterocycles. The van der Waals surface area contributed by atoms with Gasteiger partial charge >= 0.3 is 0 Å². The number of piperidine rings is 1. The monoisotopic (exact) mass is 245 g/mol. The van der Waals surface area contributed by atoms with Gasteiger partial charge in [0.25, 0.3) is 0 Å². The summed E-state index contributed by atoms with van der Waals surface area (Å²) in [5.41, 5.74) is 0.175. The third kappa shape index (κ3) is 2.02. The summed E-state index contributed by atoms with van der Waals surface area (Å²) in [7, 11) is 0. The van der Waals surface area contributed by atoms with Gasteiger partial charge in [-0.15, -0.1) is 0 Å². The van der Waals surface area contributed by atoms with Crippen LogP contribution in [0.25, 0.3) is 0 Å². The van der Waals surface area contributed by atoms with Crippen molar-refractivity contribution in [3.05, 3.63) is 28.8 Å². The van der Waals surface area contributed by atoms with Crippen LogP contribution in [0.4, 0.5) is 14.5 Å². The zero-order chi connectivity index (χ0) is 11.7. The highest BCUT2D eigenvalue weighted by molar-refractivity contribution is 6.30. The average Bonchev–Trinajstić information content (AvgIpc) is 2.28. The van der Waals surface area contributed by atoms with E-state index in [9.17, 15) is 13.6 Å². The van der Waals surface area contributed by atoms with Crippen LogP contribution in [0.2, 0.25) is 5.02 Å². The van der Waals surface area contributed by atoms with Gasteiger partial charge in [0.1, 0.15) is 5.78 Å². The molecule has 16 heavy (non-hydrogen) atoms. The number of halogens is 3. The fourth-order valence-electron chi connectivity index (χ4n) is 1.76. The Bertz CT molecular complexity index is 426. The van der Waals surface area contributed by atoms with Crippen LogP contribution in [0, 0.1) is 11.6 Å². The molecule has 86 valence electrons. The van der Waals surface area contributed by atoms with Gasteiger partial charge in [-0.05, 0) is 12.1 Å². The van der Waals surface area contributed by atoms with Crippen molar-refractivity contribution in [2.45, 2.75) is 12.8 Å². The van der Waals surface area contributed by atoms with E-state index in [1.54, 1.807) is 4.90 Å². The second-order valence-electron chi connectivity index (χ2n) is 3.72. The third-order valence-corrected chi connectivity index (χ3v) is 2.97. The van der Waals surface area contributed by atoms with E-state index >= 15 is 0 Å². The van der Waals surface area contributed by atoms with Crippen molar-refractivity contribution >= 4 is 23.1 Å². The summed E-state index contributed by atoms with van der Waals surface area (Å²) < 4.78 is 26.8. The molecule has 1 heterocycles. The van der Waals surface area contributed by atoms with Crippen LogP contribution in [-0.4, -0.2) is 18.9 Å². The average molecular weight is 246 g/mol. The van der Waals surface area contributed by atoms with Crippen molar-refractivity contribution in [1.82, 2.24) is 0 Å². The molecule has 0 spiro atoms. The quantitative estimate of drug-likeness (QED) is 0.709. The van der Waals surface area contributed by atoms with Gasteiger partial charge in [-0.25, -0.2) is 8.78 Å². The Balaban J connectivity index is 2.27. The zero-order valence-electron chi connectivity index (χ0n) is 8.47. The van der Waals surface area contributed by atoms with Crippen LogP contribution in [0.3, 0.4) is 0 Å². The summed E-state index contributed by atoms with van der Waals surface area (Å²) in [6.45, 7) is 0.855. The Morgan fingerprint density at radius 1 is 1.12 bits per heavy atom. The number of nitrogens with zero attached hydrogens (tertiary/aromatic N) is 1. The Kier molecular flexibility index (Phi) is 3.10. The van der Waals surface area contributed by atoms with Gasteiger partial charge in [0.15, 0.2) is 11.6 Å². The van der Waals surface area contributed by atoms with E-state index in [2.05, 4.69) is 0 Å². The van der Waals surface area contributed by atoms with Gasteiger partial charge in [0.05, 0.1) is 10.7 Å². The number of hydrogen-bond acceptors (Lipinski definition) is 2. The zero-order valence-corrected chi connectivity index (χ0v) is 9.23. The second-order valence-corrected chi connectivity index (χ2v) is 4.13. The van der Waals surface area contributed by atoms with E-state index in [1.165, 1.54) is 12.1 Å². The normalized spacial score (nSPS) is 16.7. The number of benzene rings is 1. The summed E-state index contributed by atoms with van der Waals surface area (Å²) >= 11 is 5.46. The molecular formula is C11H10ClF2NO. The molecule has 1 fully saturated rings. The van der Waals surface area contributed by atoms with Crippen molar-refractivity contribution in [2.75, 3.05) is 18.0 Å². The summed E-state index contributed by atoms with van der Waals surface area (Å²) in [4.78, 5) is 12.7. The van der Waals surface area contributed by atoms with Gasteiger partial charge in [-0.3, -0.25) is 4.79 Å². The Morgan fingerprint density at radius 2 is 1.75 bits per heavy atom. The van der Waals surface area contributed by atoms with Crippen LogP contribution in [0.1, 0.15) is 12.8 Å². The highest BCUT2D eigenvalue weighted by atomic mass is 35.5. The van der Waals surface area contributed by atoms with Crippen LogP contribution >= 0.6 is 11.6 Å². The first-order valence-electron chi connectivity index (χ1n) is 4.99. The minimum Gasteiger partial charge on any atom is -0.368 e. The molecule has 1 aromatic carbocycles. The van der Waals surface area contributed by atoms with Crippen LogP contribution in [0.15, 0.2) is 12.1 Å². The lowest BCUT2D eigenvalue weighted by Crippen LogP contribution is -2.34. The maximum absolute atomic E-state index is 13.6. The number of carbonyl (C=O) groups is 1. The number of hydrogen-bond donors (Lipinski definition) is 0. The molecule has 2 rings (SSSR count). The molecular weight excluding hydrogens is 236 g/mol. The van der Waals surface area contributed by atoms with E-state index in [1.807, 2.05) is 0 Å². The first-order valence-corrected chi connectivity index (χ1v) is 5.37. The molecule has 0 N–H and O–H groups in total. The lowest BCUT2D eigenvalue weighted by molar-refractivity contribution is -0.119. The topological polar surface area (TPSA) is 20.3 Å². The SMILES string of the molecule is O=C1CCN(c2ccc(Cl)c(F)c2F)CC1. The molecule has 1 aliphatic rings. The van der Waals surface area contributed by atoms with Crippen LogP contribution < -0.4 is 4.90 Å². The van der Waals surface area contributed by atoms with Crippen molar-refractivity contribution < 1.29 is 13.6 Å². The molecule has 5 heteroatoms. The van der Waals surface area contributed by atoms with Crippen molar-refractivity contribution in [3.8, 4) is 0 Å². The van der Waals surface area contributed by atoms with Crippen LogP contribution in [-0.2, 0) is 4.79 Å². The van der Waals surface area contributed by atoms with Gasteiger partial charge in [-0.1, -0.05) is 11.6 Å². The molecule has 0 aliphatic carbocycles. The van der Waals surface area contributed by atoms with Gasteiger partial charge < -0.3 is 4.90 Å². The molecule has 2 nitrogen and oxygen atoms in total. The fourth-order valence-corrected chi connectivity index (χ4v) is 1.90. The summed E-state index contributed by atoms with van der Waals surface area (Å²) in [5.74, 6) is -1.82. The van der Waals surface area contributed by atoms with E-state index in [0.29, 0.717) is 25.9 Å². The molecule has 0 amide bonds. The molecule has 0 radical (unpaired) electrons. The molecule has 1 aromatic rings. The Labute approximate surface area is 96.8 Å². The molecule has 1 aliphatic heterocycles. The molecule has 0 aromatic heterocycles. The van der Waals surface area contributed by atoms with Gasteiger partial charge in [0, 0.05) is 25.9 Å². The maximum atomic E-state index is 13.6. The summed E-state index contributed by atoms with van der Waals surface area (Å²) in [6, 6.07) is 2.77. The highest BCUT2D eigenvalue weighted by Gasteiger charge is 2.21. The Hall–Kier alpha value is -1.16. The number of Topliss-reactive ketones (excluding diaryl/α,β-unsaturated/α-hetero) is 1. The highest BCUT2D eigenvalue weighted by Crippen LogP contribution is 2.28. The van der Waals surface area contributed by atoms with Crippen LogP contribution in [0.5, 0.6) is 0 Å². The smallest absolute Gasteiger partial charge is 0.183 e. The molecule has 0 bridgehead atoms. The number of anilines is 1. The van der Waals surface area contributed by atoms with Gasteiger partial charge in [-0.2, -0.15) is 0 Å². The lowest BCUT2D eigenvalue weighted by Gasteiger charge is -2.28. The summed E-state index contributed by atoms with van der Waals surface area (Å²) in [5, 5.41) is -0.227. The maximum Gasteiger partial charge on any atom is 0.183 e. The van der Waals surface area contributed by atoms with Gasteiger partial charge in [0.2, 0.25) is 0 Å². The number of rotatable bonds is 1. The number of ketones is 1. The first-order chi connectivity index (χ1) is 7.59. The standard InChI is InChI=1S/C11H10ClF2NO/c12-8-1-2-9(11(14)10(8)13)15-5-3-7(16)4-6-15/h1-2H,3-6H2.